The van der Waals surface area contributed by atoms with Crippen LogP contribution in [0.4, 0.5) is 0 Å². The normalized spacial score (nSPS) is 8.53. The average molecular weight is 199 g/mol. The van der Waals surface area contributed by atoms with Gasteiger partial charge in [-0.15, -0.1) is 0 Å². The molecule has 2 heteroatoms. The minimum absolute atomic E-state index is 0.264. The van der Waals surface area contributed by atoms with E-state index in [4.69, 9.17) is 10.00 Å². The van der Waals surface area contributed by atoms with Gasteiger partial charge in [0.25, 0.3) is 0 Å². The van der Waals surface area contributed by atoms with Gasteiger partial charge in [-0.25, -0.2) is 0 Å². The lowest BCUT2D eigenvalue weighted by molar-refractivity contribution is 0.317. The van der Waals surface area contributed by atoms with Crippen LogP contribution in [0.2, 0.25) is 0 Å². The molecule has 0 aromatic heterocycles. The summed E-state index contributed by atoms with van der Waals surface area (Å²) in [7, 11) is 0. The zero-order valence-corrected chi connectivity index (χ0v) is 8.79. The van der Waals surface area contributed by atoms with E-state index in [2.05, 4.69) is 18.8 Å². The molecule has 0 atom stereocenters. The SMILES string of the molecule is CCCOc1cccc(C#CCC#N)c1. The second-order valence-electron chi connectivity index (χ2n) is 3.01. The standard InChI is InChI=1S/C13H13NO/c1-2-10-15-13-8-5-7-12(11-13)6-3-4-9-14/h5,7-8,11H,2,4,10H2,1H3. The Hall–Kier alpha value is -1.93. The van der Waals surface area contributed by atoms with Gasteiger partial charge in [0.15, 0.2) is 0 Å². The van der Waals surface area contributed by atoms with Crippen molar-refractivity contribution in [1.29, 1.82) is 5.26 Å². The highest BCUT2D eigenvalue weighted by molar-refractivity contribution is 5.40. The van der Waals surface area contributed by atoms with Crippen molar-refractivity contribution in [3.63, 3.8) is 0 Å². The highest BCUT2D eigenvalue weighted by Gasteiger charge is 1.93. The molecule has 1 rings (SSSR count). The smallest absolute Gasteiger partial charge is 0.120 e. The van der Waals surface area contributed by atoms with Gasteiger partial charge in [-0.1, -0.05) is 24.8 Å². The van der Waals surface area contributed by atoms with E-state index in [1.54, 1.807) is 0 Å². The van der Waals surface area contributed by atoms with Crippen molar-refractivity contribution in [3.8, 4) is 23.7 Å². The predicted molar refractivity (Wildman–Crippen MR) is 59.3 cm³/mol. The fourth-order valence-corrected chi connectivity index (χ4v) is 1.07. The molecule has 0 aliphatic carbocycles. The van der Waals surface area contributed by atoms with Gasteiger partial charge in [0.2, 0.25) is 0 Å². The largest absolute Gasteiger partial charge is 0.494 e. The topological polar surface area (TPSA) is 33.0 Å². The number of ether oxygens (including phenoxy) is 1. The number of nitrogens with zero attached hydrogens (tertiary/aromatic N) is 1. The lowest BCUT2D eigenvalue weighted by atomic mass is 10.2. The maximum absolute atomic E-state index is 8.34. The highest BCUT2D eigenvalue weighted by Crippen LogP contribution is 2.12. The van der Waals surface area contributed by atoms with Gasteiger partial charge >= 0.3 is 0 Å². The molecule has 0 heterocycles. The van der Waals surface area contributed by atoms with Crippen molar-refractivity contribution in [2.24, 2.45) is 0 Å². The van der Waals surface area contributed by atoms with E-state index >= 15 is 0 Å². The van der Waals surface area contributed by atoms with Crippen LogP contribution in [-0.4, -0.2) is 6.61 Å². The Morgan fingerprint density at radius 3 is 3.00 bits per heavy atom. The summed E-state index contributed by atoms with van der Waals surface area (Å²) < 4.78 is 5.47. The molecule has 0 bridgehead atoms. The first-order valence-corrected chi connectivity index (χ1v) is 4.95. The van der Waals surface area contributed by atoms with Gasteiger partial charge in [0.05, 0.1) is 19.1 Å². The Bertz CT molecular complexity index is 407. The number of hydrogen-bond donors (Lipinski definition) is 0. The molecule has 0 saturated carbocycles. The number of benzene rings is 1. The van der Waals surface area contributed by atoms with E-state index in [1.807, 2.05) is 30.3 Å². The van der Waals surface area contributed by atoms with Gasteiger partial charge in [0.1, 0.15) is 5.75 Å². The van der Waals surface area contributed by atoms with Crippen molar-refractivity contribution in [2.45, 2.75) is 19.8 Å². The molecule has 1 aromatic carbocycles. The van der Waals surface area contributed by atoms with Crippen LogP contribution in [0.15, 0.2) is 24.3 Å². The molecular weight excluding hydrogens is 186 g/mol. The van der Waals surface area contributed by atoms with E-state index in [0.29, 0.717) is 0 Å². The summed E-state index contributed by atoms with van der Waals surface area (Å²) in [6, 6.07) is 9.59. The van der Waals surface area contributed by atoms with Crippen LogP contribution < -0.4 is 4.74 Å². The Morgan fingerprint density at radius 2 is 2.27 bits per heavy atom. The number of nitriles is 1. The molecule has 0 aliphatic heterocycles. The lowest BCUT2D eigenvalue weighted by Crippen LogP contribution is -1.94. The van der Waals surface area contributed by atoms with Crippen molar-refractivity contribution in [3.05, 3.63) is 29.8 Å². The summed E-state index contributed by atoms with van der Waals surface area (Å²) >= 11 is 0. The minimum atomic E-state index is 0.264. The lowest BCUT2D eigenvalue weighted by Gasteiger charge is -2.03. The van der Waals surface area contributed by atoms with Gasteiger partial charge in [-0.2, -0.15) is 5.26 Å². The molecule has 0 radical (unpaired) electrons. The molecule has 0 amide bonds. The van der Waals surface area contributed by atoms with E-state index < -0.39 is 0 Å². The zero-order valence-electron chi connectivity index (χ0n) is 8.79. The molecule has 0 fully saturated rings. The Morgan fingerprint density at radius 1 is 1.40 bits per heavy atom. The fourth-order valence-electron chi connectivity index (χ4n) is 1.07. The summed E-state index contributed by atoms with van der Waals surface area (Å²) in [5, 5.41) is 8.34. The summed E-state index contributed by atoms with van der Waals surface area (Å²) in [6.07, 6.45) is 1.25. The number of rotatable bonds is 3. The van der Waals surface area contributed by atoms with E-state index in [-0.39, 0.29) is 6.42 Å². The first-order chi connectivity index (χ1) is 7.36. The molecular formula is C13H13NO. The summed E-state index contributed by atoms with van der Waals surface area (Å²) in [6.45, 7) is 2.78. The van der Waals surface area contributed by atoms with Crippen LogP contribution >= 0.6 is 0 Å². The molecule has 0 unspecified atom stereocenters. The monoisotopic (exact) mass is 199 g/mol. The average Bonchev–Trinajstić information content (AvgIpc) is 2.27. The molecule has 2 nitrogen and oxygen atoms in total. The Balaban J connectivity index is 2.67. The third kappa shape index (κ3) is 4.20. The van der Waals surface area contributed by atoms with E-state index in [0.717, 1.165) is 24.3 Å². The van der Waals surface area contributed by atoms with Gasteiger partial charge in [-0.05, 0) is 24.6 Å². The van der Waals surface area contributed by atoms with E-state index in [9.17, 15) is 0 Å². The minimum Gasteiger partial charge on any atom is -0.494 e. The van der Waals surface area contributed by atoms with Crippen LogP contribution in [-0.2, 0) is 0 Å². The van der Waals surface area contributed by atoms with Crippen molar-refractivity contribution in [2.75, 3.05) is 6.61 Å². The van der Waals surface area contributed by atoms with Crippen molar-refractivity contribution < 1.29 is 4.74 Å². The molecule has 0 aliphatic rings. The van der Waals surface area contributed by atoms with Crippen molar-refractivity contribution >= 4 is 0 Å². The maximum atomic E-state index is 8.34. The predicted octanol–water partition coefficient (Wildman–Crippen LogP) is 2.74. The maximum Gasteiger partial charge on any atom is 0.120 e. The second kappa shape index (κ2) is 6.51. The quantitative estimate of drug-likeness (QED) is 0.701. The molecule has 1 aromatic rings. The molecule has 0 N–H and O–H groups in total. The third-order valence-electron chi connectivity index (χ3n) is 1.71. The molecule has 0 saturated heterocycles. The first kappa shape index (κ1) is 11.1. The number of hydrogen-bond acceptors (Lipinski definition) is 2. The van der Waals surface area contributed by atoms with Gasteiger partial charge < -0.3 is 4.74 Å². The summed E-state index contributed by atoms with van der Waals surface area (Å²) in [5.41, 5.74) is 0.888. The van der Waals surface area contributed by atoms with Crippen LogP contribution in [0.1, 0.15) is 25.3 Å². The van der Waals surface area contributed by atoms with Gasteiger partial charge in [-0.3, -0.25) is 0 Å². The van der Waals surface area contributed by atoms with Crippen LogP contribution in [0, 0.1) is 23.2 Å². The van der Waals surface area contributed by atoms with E-state index in [1.165, 1.54) is 0 Å². The molecule has 15 heavy (non-hydrogen) atoms. The zero-order chi connectivity index (χ0) is 10.9. The van der Waals surface area contributed by atoms with Crippen LogP contribution in [0.25, 0.3) is 0 Å². The molecule has 0 spiro atoms. The van der Waals surface area contributed by atoms with Gasteiger partial charge in [0, 0.05) is 5.56 Å². The Labute approximate surface area is 90.5 Å². The Kier molecular flexibility index (Phi) is 4.84. The van der Waals surface area contributed by atoms with Crippen LogP contribution in [0.5, 0.6) is 5.75 Å². The van der Waals surface area contributed by atoms with Crippen LogP contribution in [0.3, 0.4) is 0 Å². The first-order valence-electron chi connectivity index (χ1n) is 4.95. The van der Waals surface area contributed by atoms with Crippen molar-refractivity contribution in [1.82, 2.24) is 0 Å². The molecule has 76 valence electrons. The third-order valence-corrected chi connectivity index (χ3v) is 1.71. The second-order valence-corrected chi connectivity index (χ2v) is 3.01. The fraction of sp³-hybridized carbons (Fsp3) is 0.308. The highest BCUT2D eigenvalue weighted by atomic mass is 16.5. The summed E-state index contributed by atoms with van der Waals surface area (Å²) in [5.74, 6) is 6.51. The summed E-state index contributed by atoms with van der Waals surface area (Å²) in [4.78, 5) is 0.